The fraction of sp³-hybridized carbons (Fsp3) is 0.350. The van der Waals surface area contributed by atoms with Crippen LogP contribution in [0.4, 0.5) is 4.79 Å². The van der Waals surface area contributed by atoms with E-state index in [-0.39, 0.29) is 6.61 Å². The minimum absolute atomic E-state index is 0.202. The van der Waals surface area contributed by atoms with Gasteiger partial charge in [-0.15, -0.1) is 0 Å². The van der Waals surface area contributed by atoms with E-state index < -0.39 is 18.2 Å². The van der Waals surface area contributed by atoms with Gasteiger partial charge in [-0.3, -0.25) is 0 Å². The monoisotopic (exact) mass is 342 g/mol. The van der Waals surface area contributed by atoms with Crippen molar-refractivity contribution in [2.45, 2.75) is 32.1 Å². The van der Waals surface area contributed by atoms with Gasteiger partial charge in [0.1, 0.15) is 6.61 Å². The van der Waals surface area contributed by atoms with Crippen LogP contribution in [-0.2, 0) is 17.8 Å². The summed E-state index contributed by atoms with van der Waals surface area (Å²) in [5.74, 6) is 0. The van der Waals surface area contributed by atoms with E-state index in [0.29, 0.717) is 13.0 Å². The molecule has 0 radical (unpaired) electrons. The number of rotatable bonds is 9. The standard InChI is InChI=1S/C20H26N2O3/c1-2-21-14-19(23)18(13-16-9-5-3-6-10-16)22-20(24)25-15-17-11-7-4-8-12-17/h3-12,18-19,21,23H,2,13-15H2,1H3,(H,22,24)/t18?,19-/m1/s1. The number of carbonyl (C=O) groups excluding carboxylic acids is 1. The summed E-state index contributed by atoms with van der Waals surface area (Å²) in [5.41, 5.74) is 1.97. The molecule has 0 saturated heterocycles. The molecule has 0 spiro atoms. The van der Waals surface area contributed by atoms with E-state index in [9.17, 15) is 9.90 Å². The molecule has 134 valence electrons. The highest BCUT2D eigenvalue weighted by molar-refractivity contribution is 5.67. The van der Waals surface area contributed by atoms with Gasteiger partial charge in [0, 0.05) is 6.54 Å². The Balaban J connectivity index is 1.92. The lowest BCUT2D eigenvalue weighted by Crippen LogP contribution is -2.48. The molecule has 2 atom stereocenters. The zero-order chi connectivity index (χ0) is 17.9. The van der Waals surface area contributed by atoms with Crippen molar-refractivity contribution in [1.82, 2.24) is 10.6 Å². The number of nitrogens with one attached hydrogen (secondary N) is 2. The number of hydrogen-bond acceptors (Lipinski definition) is 4. The molecule has 0 heterocycles. The number of aliphatic hydroxyl groups excluding tert-OH is 1. The first-order valence-electron chi connectivity index (χ1n) is 8.59. The Morgan fingerprint density at radius 1 is 1.04 bits per heavy atom. The smallest absolute Gasteiger partial charge is 0.407 e. The highest BCUT2D eigenvalue weighted by atomic mass is 16.5. The number of aliphatic hydroxyl groups is 1. The topological polar surface area (TPSA) is 70.6 Å². The van der Waals surface area contributed by atoms with E-state index >= 15 is 0 Å². The van der Waals surface area contributed by atoms with Crippen LogP contribution in [0.3, 0.4) is 0 Å². The quantitative estimate of drug-likeness (QED) is 0.655. The fourth-order valence-corrected chi connectivity index (χ4v) is 2.50. The van der Waals surface area contributed by atoms with E-state index in [0.717, 1.165) is 17.7 Å². The van der Waals surface area contributed by atoms with Gasteiger partial charge in [0.15, 0.2) is 0 Å². The zero-order valence-electron chi connectivity index (χ0n) is 14.5. The Kier molecular flexibility index (Phi) is 7.95. The predicted molar refractivity (Wildman–Crippen MR) is 98.2 cm³/mol. The molecule has 0 aromatic heterocycles. The first-order chi connectivity index (χ1) is 12.2. The van der Waals surface area contributed by atoms with E-state index in [4.69, 9.17) is 4.74 Å². The van der Waals surface area contributed by atoms with Crippen LogP contribution in [0.1, 0.15) is 18.1 Å². The van der Waals surface area contributed by atoms with Crippen molar-refractivity contribution in [3.8, 4) is 0 Å². The average molecular weight is 342 g/mol. The van der Waals surface area contributed by atoms with Gasteiger partial charge in [-0.2, -0.15) is 0 Å². The van der Waals surface area contributed by atoms with E-state index in [1.165, 1.54) is 0 Å². The van der Waals surface area contributed by atoms with Gasteiger partial charge in [0.25, 0.3) is 0 Å². The summed E-state index contributed by atoms with van der Waals surface area (Å²) < 4.78 is 5.27. The molecule has 25 heavy (non-hydrogen) atoms. The number of ether oxygens (including phenoxy) is 1. The lowest BCUT2D eigenvalue weighted by molar-refractivity contribution is 0.101. The van der Waals surface area contributed by atoms with Crippen molar-refractivity contribution in [3.05, 3.63) is 71.8 Å². The summed E-state index contributed by atoms with van der Waals surface area (Å²) >= 11 is 0. The van der Waals surface area contributed by atoms with Gasteiger partial charge in [0.05, 0.1) is 12.1 Å². The third-order valence-corrected chi connectivity index (χ3v) is 3.88. The highest BCUT2D eigenvalue weighted by Crippen LogP contribution is 2.07. The van der Waals surface area contributed by atoms with Gasteiger partial charge < -0.3 is 20.5 Å². The summed E-state index contributed by atoms with van der Waals surface area (Å²) in [4.78, 5) is 12.1. The third kappa shape index (κ3) is 6.95. The molecule has 0 fully saturated rings. The minimum Gasteiger partial charge on any atom is -0.445 e. The summed E-state index contributed by atoms with van der Waals surface area (Å²) in [6.07, 6.45) is -0.696. The third-order valence-electron chi connectivity index (χ3n) is 3.88. The Hall–Kier alpha value is -2.37. The van der Waals surface area contributed by atoms with Crippen molar-refractivity contribution in [3.63, 3.8) is 0 Å². The molecule has 5 nitrogen and oxygen atoms in total. The lowest BCUT2D eigenvalue weighted by Gasteiger charge is -2.24. The van der Waals surface area contributed by atoms with Crippen molar-refractivity contribution in [2.24, 2.45) is 0 Å². The largest absolute Gasteiger partial charge is 0.445 e. The second-order valence-electron chi connectivity index (χ2n) is 5.88. The van der Waals surface area contributed by atoms with E-state index in [1.807, 2.05) is 67.6 Å². The van der Waals surface area contributed by atoms with Crippen molar-refractivity contribution < 1.29 is 14.6 Å². The van der Waals surface area contributed by atoms with Gasteiger partial charge in [-0.05, 0) is 24.1 Å². The highest BCUT2D eigenvalue weighted by Gasteiger charge is 2.22. The molecular weight excluding hydrogens is 316 g/mol. The molecule has 1 amide bonds. The van der Waals surface area contributed by atoms with Gasteiger partial charge in [-0.25, -0.2) is 4.79 Å². The molecule has 1 unspecified atom stereocenters. The van der Waals surface area contributed by atoms with Crippen LogP contribution in [0.15, 0.2) is 60.7 Å². The number of amides is 1. The first-order valence-corrected chi connectivity index (χ1v) is 8.59. The van der Waals surface area contributed by atoms with Gasteiger partial charge in [-0.1, -0.05) is 67.6 Å². The van der Waals surface area contributed by atoms with Crippen LogP contribution in [0.2, 0.25) is 0 Å². The predicted octanol–water partition coefficient (Wildman–Crippen LogP) is 2.49. The van der Waals surface area contributed by atoms with Crippen molar-refractivity contribution in [1.29, 1.82) is 0 Å². The Labute approximate surface area is 149 Å². The van der Waals surface area contributed by atoms with Gasteiger partial charge >= 0.3 is 6.09 Å². The summed E-state index contributed by atoms with van der Waals surface area (Å²) in [6, 6.07) is 18.9. The maximum absolute atomic E-state index is 12.1. The number of likely N-dealkylation sites (N-methyl/N-ethyl adjacent to an activating group) is 1. The number of alkyl carbamates (subject to hydrolysis) is 1. The molecule has 2 rings (SSSR count). The van der Waals surface area contributed by atoms with Crippen LogP contribution < -0.4 is 10.6 Å². The summed E-state index contributed by atoms with van der Waals surface area (Å²) in [5, 5.41) is 16.3. The number of carbonyl (C=O) groups is 1. The zero-order valence-corrected chi connectivity index (χ0v) is 14.5. The molecule has 0 aliphatic rings. The normalized spacial score (nSPS) is 13.0. The molecule has 0 bridgehead atoms. The van der Waals surface area contributed by atoms with Gasteiger partial charge in [0.2, 0.25) is 0 Å². The number of hydrogen-bond donors (Lipinski definition) is 3. The second kappa shape index (κ2) is 10.5. The summed E-state index contributed by atoms with van der Waals surface area (Å²) in [7, 11) is 0. The first kappa shape index (κ1) is 19.0. The Morgan fingerprint density at radius 2 is 1.64 bits per heavy atom. The summed E-state index contributed by atoms with van der Waals surface area (Å²) in [6.45, 7) is 3.34. The van der Waals surface area contributed by atoms with Crippen LogP contribution >= 0.6 is 0 Å². The lowest BCUT2D eigenvalue weighted by atomic mass is 10.0. The van der Waals surface area contributed by atoms with Crippen LogP contribution in [0.25, 0.3) is 0 Å². The molecule has 2 aromatic carbocycles. The van der Waals surface area contributed by atoms with Crippen LogP contribution in [-0.4, -0.2) is 36.4 Å². The molecule has 0 aliphatic heterocycles. The fourth-order valence-electron chi connectivity index (χ4n) is 2.50. The number of benzene rings is 2. The SMILES string of the molecule is CCNC[C@@H](O)C(Cc1ccccc1)NC(=O)OCc1ccccc1. The van der Waals surface area contributed by atoms with Crippen LogP contribution in [0, 0.1) is 0 Å². The maximum Gasteiger partial charge on any atom is 0.407 e. The molecule has 5 heteroatoms. The minimum atomic E-state index is -0.704. The molecule has 3 N–H and O–H groups in total. The van der Waals surface area contributed by atoms with Crippen molar-refractivity contribution in [2.75, 3.05) is 13.1 Å². The maximum atomic E-state index is 12.1. The molecule has 2 aromatic rings. The molecule has 0 aliphatic carbocycles. The molecular formula is C20H26N2O3. The van der Waals surface area contributed by atoms with E-state index in [1.54, 1.807) is 0 Å². The van der Waals surface area contributed by atoms with Crippen molar-refractivity contribution >= 4 is 6.09 Å². The van der Waals surface area contributed by atoms with E-state index in [2.05, 4.69) is 10.6 Å². The van der Waals surface area contributed by atoms with Crippen LogP contribution in [0.5, 0.6) is 0 Å². The Bertz CT molecular complexity index is 619. The Morgan fingerprint density at radius 3 is 2.24 bits per heavy atom. The second-order valence-corrected chi connectivity index (χ2v) is 5.88. The molecule has 0 saturated carbocycles. The average Bonchev–Trinajstić information content (AvgIpc) is 2.65.